The van der Waals surface area contributed by atoms with E-state index >= 15 is 0 Å². The molecule has 0 bridgehead atoms. The lowest BCUT2D eigenvalue weighted by Gasteiger charge is -2.50. The average Bonchev–Trinajstić information content (AvgIpc) is 2.60. The molecule has 0 aliphatic carbocycles. The molecule has 4 nitrogen and oxygen atoms in total. The first-order valence-corrected chi connectivity index (χ1v) is 11.3. The van der Waals surface area contributed by atoms with Crippen molar-refractivity contribution < 1.29 is 0 Å². The van der Waals surface area contributed by atoms with Crippen LogP contribution in [-0.2, 0) is 0 Å². The fourth-order valence-electron chi connectivity index (χ4n) is 3.30. The van der Waals surface area contributed by atoms with E-state index in [0.29, 0.717) is 0 Å². The van der Waals surface area contributed by atoms with Crippen LogP contribution in [0.5, 0.6) is 0 Å². The van der Waals surface area contributed by atoms with Gasteiger partial charge >= 0.3 is 0 Å². The third kappa shape index (κ3) is 6.06. The van der Waals surface area contributed by atoms with Gasteiger partial charge < -0.3 is 0 Å². The zero-order valence-electron chi connectivity index (χ0n) is 17.9. The predicted molar refractivity (Wildman–Crippen MR) is 118 cm³/mol. The summed E-state index contributed by atoms with van der Waals surface area (Å²) in [5.41, 5.74) is 1.18. The summed E-state index contributed by atoms with van der Waals surface area (Å²) in [7, 11) is 2.82. The lowest BCUT2D eigenvalue weighted by Crippen LogP contribution is -2.43. The Morgan fingerprint density at radius 2 is 1.58 bits per heavy atom. The van der Waals surface area contributed by atoms with Crippen molar-refractivity contribution in [3.05, 3.63) is 42.5 Å². The van der Waals surface area contributed by atoms with E-state index in [1.165, 1.54) is 12.0 Å². The molecule has 1 aliphatic heterocycles. The van der Waals surface area contributed by atoms with Gasteiger partial charge in [0.2, 0.25) is 0 Å². The zero-order valence-corrected chi connectivity index (χ0v) is 18.8. The SMILES string of the molecule is C=Cc1ccccc1.CCN(CC)P1(=NC(C)(C)C)N(C)CCCN1C. The summed E-state index contributed by atoms with van der Waals surface area (Å²) in [5.74, 6) is 0. The van der Waals surface area contributed by atoms with Crippen molar-refractivity contribution in [2.24, 2.45) is 4.74 Å². The van der Waals surface area contributed by atoms with Gasteiger partial charge in [0, 0.05) is 26.2 Å². The Morgan fingerprint density at radius 1 is 1.08 bits per heavy atom. The molecule has 0 unspecified atom stereocenters. The van der Waals surface area contributed by atoms with Crippen molar-refractivity contribution in [1.82, 2.24) is 14.0 Å². The first-order valence-electron chi connectivity index (χ1n) is 9.70. The van der Waals surface area contributed by atoms with Crippen LogP contribution in [0, 0.1) is 0 Å². The number of benzene rings is 1. The van der Waals surface area contributed by atoms with E-state index in [1.54, 1.807) is 0 Å². The van der Waals surface area contributed by atoms with Crippen molar-refractivity contribution in [2.45, 2.75) is 46.6 Å². The maximum Gasteiger partial charge on any atom is 0.167 e. The van der Waals surface area contributed by atoms with Crippen LogP contribution in [0.2, 0.25) is 0 Å². The van der Waals surface area contributed by atoms with Crippen molar-refractivity contribution in [3.8, 4) is 0 Å². The number of nitrogens with zero attached hydrogens (tertiary/aromatic N) is 4. The summed E-state index contributed by atoms with van der Waals surface area (Å²) < 4.78 is 12.9. The van der Waals surface area contributed by atoms with E-state index in [2.05, 4.69) is 69.3 Å². The molecule has 1 aromatic rings. The summed E-state index contributed by atoms with van der Waals surface area (Å²) in [6.45, 7) is 19.2. The van der Waals surface area contributed by atoms with Gasteiger partial charge in [-0.1, -0.05) is 56.8 Å². The van der Waals surface area contributed by atoms with Crippen molar-refractivity contribution in [2.75, 3.05) is 40.3 Å². The highest BCUT2D eigenvalue weighted by Crippen LogP contribution is 2.60. The minimum atomic E-state index is -1.68. The fraction of sp³-hybridized carbons (Fsp3) is 0.619. The molecule has 0 N–H and O–H groups in total. The standard InChI is InChI=1S/C13H31N4P.C8H8/c1-8-17(9-2)18(14-13(3,4)5)15(6)11-10-12-16(18)7;1-2-8-6-4-3-5-7-8/h8-12H2,1-7H3;2-7H,1H2. The zero-order chi connectivity index (χ0) is 19.8. The molecule has 0 amide bonds. The molecule has 26 heavy (non-hydrogen) atoms. The van der Waals surface area contributed by atoms with Crippen LogP contribution in [0.15, 0.2) is 41.7 Å². The second-order valence-corrected chi connectivity index (χ2v) is 10.9. The highest BCUT2D eigenvalue weighted by atomic mass is 31.2. The van der Waals surface area contributed by atoms with Gasteiger partial charge in [0.25, 0.3) is 0 Å². The maximum absolute atomic E-state index is 5.29. The smallest absolute Gasteiger partial charge is 0.167 e. The van der Waals surface area contributed by atoms with Crippen LogP contribution >= 0.6 is 7.51 Å². The Balaban J connectivity index is 0.000000350. The highest BCUT2D eigenvalue weighted by molar-refractivity contribution is 7.59. The monoisotopic (exact) mass is 378 g/mol. The summed E-state index contributed by atoms with van der Waals surface area (Å²) in [4.78, 5) is 0. The van der Waals surface area contributed by atoms with E-state index in [-0.39, 0.29) is 5.54 Å². The molecule has 1 fully saturated rings. The van der Waals surface area contributed by atoms with E-state index in [1.807, 2.05) is 36.4 Å². The quantitative estimate of drug-likeness (QED) is 0.630. The van der Waals surface area contributed by atoms with Gasteiger partial charge in [-0.3, -0.25) is 4.74 Å². The molecule has 1 heterocycles. The molecule has 0 spiro atoms. The summed E-state index contributed by atoms with van der Waals surface area (Å²) in [6, 6.07) is 10.0. The number of rotatable bonds is 4. The van der Waals surface area contributed by atoms with Crippen LogP contribution in [0.4, 0.5) is 0 Å². The van der Waals surface area contributed by atoms with Crippen molar-refractivity contribution >= 4 is 13.6 Å². The maximum atomic E-state index is 5.29. The molecule has 0 atom stereocenters. The molecule has 1 aliphatic rings. The molecule has 1 saturated heterocycles. The van der Waals surface area contributed by atoms with Crippen LogP contribution in [-0.4, -0.2) is 59.8 Å². The fourth-order valence-corrected chi connectivity index (χ4v) is 7.50. The third-order valence-electron chi connectivity index (χ3n) is 4.46. The lowest BCUT2D eigenvalue weighted by molar-refractivity contribution is 0.310. The first-order chi connectivity index (χ1) is 12.2. The molecular weight excluding hydrogens is 339 g/mol. The summed E-state index contributed by atoms with van der Waals surface area (Å²) in [5, 5.41) is 0. The Hall–Kier alpha value is -0.930. The molecule has 0 saturated carbocycles. The molecule has 5 heteroatoms. The minimum absolute atomic E-state index is 0.0101. The molecule has 148 valence electrons. The minimum Gasteiger partial charge on any atom is -0.255 e. The van der Waals surface area contributed by atoms with Gasteiger partial charge in [0.05, 0.1) is 5.54 Å². The molecular formula is C21H39N4P. The van der Waals surface area contributed by atoms with Crippen LogP contribution in [0.3, 0.4) is 0 Å². The Morgan fingerprint density at radius 3 is 1.92 bits per heavy atom. The van der Waals surface area contributed by atoms with E-state index in [0.717, 1.165) is 26.2 Å². The molecule has 1 aromatic carbocycles. The molecule has 0 aromatic heterocycles. The third-order valence-corrected chi connectivity index (χ3v) is 8.88. The largest absolute Gasteiger partial charge is 0.255 e. The molecule has 2 rings (SSSR count). The lowest BCUT2D eigenvalue weighted by atomic mass is 10.1. The van der Waals surface area contributed by atoms with Gasteiger partial charge in [-0.25, -0.2) is 14.0 Å². The first kappa shape index (κ1) is 23.1. The van der Waals surface area contributed by atoms with Gasteiger partial charge in [-0.15, -0.1) is 0 Å². The van der Waals surface area contributed by atoms with Crippen LogP contribution < -0.4 is 0 Å². The van der Waals surface area contributed by atoms with Crippen LogP contribution in [0.25, 0.3) is 6.08 Å². The Kier molecular flexibility index (Phi) is 9.26. The second kappa shape index (κ2) is 10.4. The van der Waals surface area contributed by atoms with Gasteiger partial charge in [-0.05, 0) is 46.9 Å². The van der Waals surface area contributed by atoms with Crippen molar-refractivity contribution in [1.29, 1.82) is 0 Å². The average molecular weight is 379 g/mol. The van der Waals surface area contributed by atoms with Crippen molar-refractivity contribution in [3.63, 3.8) is 0 Å². The van der Waals surface area contributed by atoms with E-state index < -0.39 is 7.51 Å². The summed E-state index contributed by atoms with van der Waals surface area (Å²) in [6.07, 6.45) is 3.08. The topological polar surface area (TPSA) is 22.1 Å². The molecule has 0 radical (unpaired) electrons. The van der Waals surface area contributed by atoms with Crippen LogP contribution in [0.1, 0.15) is 46.6 Å². The van der Waals surface area contributed by atoms with Gasteiger partial charge in [-0.2, -0.15) is 0 Å². The number of hydrogen-bond acceptors (Lipinski definition) is 1. The second-order valence-electron chi connectivity index (χ2n) is 7.68. The Labute approximate surface area is 162 Å². The number of hydrogen-bond donors (Lipinski definition) is 0. The Bertz CT molecular complexity index is 574. The highest BCUT2D eigenvalue weighted by Gasteiger charge is 2.38. The summed E-state index contributed by atoms with van der Waals surface area (Å²) >= 11 is 0. The normalized spacial score (nSPS) is 18.2. The van der Waals surface area contributed by atoms with E-state index in [4.69, 9.17) is 4.74 Å². The predicted octanol–water partition coefficient (Wildman–Crippen LogP) is 5.67. The van der Waals surface area contributed by atoms with Gasteiger partial charge in [0.15, 0.2) is 7.51 Å². The van der Waals surface area contributed by atoms with E-state index in [9.17, 15) is 0 Å². The van der Waals surface area contributed by atoms with Gasteiger partial charge in [0.1, 0.15) is 0 Å².